The Kier molecular flexibility index (Phi) is 9.52. The van der Waals surface area contributed by atoms with Crippen LogP contribution < -0.4 is 5.73 Å². The van der Waals surface area contributed by atoms with Crippen LogP contribution in [0.5, 0.6) is 0 Å². The lowest BCUT2D eigenvalue weighted by atomic mass is 9.41. The predicted octanol–water partition coefficient (Wildman–Crippen LogP) is 0.829. The number of ketones is 1. The SMILES string of the molecule is COC(=O)C1[C@H]2OC[C@]34C([C@@H](O)[C@@H]2O)[C@@]2(C)CC(=O)C(OC(=O)[C@@H](N)CCSC)=C(C)[C@@H]2C[C@H]3OC(=O)[C@H](OC(=O)C=C(C)C)[C@@H]14. The van der Waals surface area contributed by atoms with Gasteiger partial charge in [-0.15, -0.1) is 0 Å². The lowest BCUT2D eigenvalue weighted by Gasteiger charge is -2.66. The number of methoxy groups -OCH3 is 1. The van der Waals surface area contributed by atoms with Crippen molar-refractivity contribution < 1.29 is 57.9 Å². The Balaban J connectivity index is 1.65. The van der Waals surface area contributed by atoms with Gasteiger partial charge < -0.3 is 39.6 Å². The number of Topliss-reactive ketones (excluding diaryl/α,β-unsaturated/α-hetero) is 1. The quantitative estimate of drug-likeness (QED) is 0.187. The molecule has 46 heavy (non-hydrogen) atoms. The van der Waals surface area contributed by atoms with Gasteiger partial charge in [0.1, 0.15) is 18.2 Å². The van der Waals surface area contributed by atoms with Gasteiger partial charge in [0.05, 0.1) is 31.8 Å². The number of carbonyl (C=O) groups is 5. The lowest BCUT2D eigenvalue weighted by Crippen LogP contribution is -2.73. The minimum Gasteiger partial charge on any atom is -0.469 e. The van der Waals surface area contributed by atoms with E-state index >= 15 is 0 Å². The van der Waals surface area contributed by atoms with Crippen molar-refractivity contribution in [3.8, 4) is 0 Å². The molecule has 4 N–H and O–H groups in total. The van der Waals surface area contributed by atoms with Gasteiger partial charge in [-0.1, -0.05) is 12.5 Å². The van der Waals surface area contributed by atoms with Crippen LogP contribution in [0, 0.1) is 34.5 Å². The fourth-order valence-corrected chi connectivity index (χ4v) is 9.52. The molecule has 2 unspecified atom stereocenters. The zero-order valence-corrected chi connectivity index (χ0v) is 27.7. The Morgan fingerprint density at radius 1 is 1.20 bits per heavy atom. The standard InChI is InChI=1S/C32H43NO12S/c1-13(2)9-19(35)44-26-21-20(29(39)41-5)25-22(36)23(37)27-31(4)11-17(34)24(45-28(38)16(33)7-8-46-6)14(3)15(31)10-18(43-30(26)40)32(21,27)12-42-25/h9,15-16,18,20-23,25-27,36-37H,7-8,10-12,33H2,1-6H3/t15-,16-,18+,20?,21+,22-,23-,25+,26+,27?,31-,32-/m0/s1. The minimum atomic E-state index is -1.63. The molecule has 0 aromatic carbocycles. The van der Waals surface area contributed by atoms with Crippen LogP contribution in [-0.2, 0) is 47.7 Å². The average molecular weight is 666 g/mol. The van der Waals surface area contributed by atoms with Crippen LogP contribution in [0.25, 0.3) is 0 Å². The number of thioether (sulfide) groups is 1. The summed E-state index contributed by atoms with van der Waals surface area (Å²) in [6.45, 7) is 6.66. The van der Waals surface area contributed by atoms with Gasteiger partial charge in [-0.3, -0.25) is 9.59 Å². The molecule has 6 rings (SSSR count). The highest BCUT2D eigenvalue weighted by molar-refractivity contribution is 7.98. The highest BCUT2D eigenvalue weighted by Gasteiger charge is 2.78. The van der Waals surface area contributed by atoms with E-state index in [1.54, 1.807) is 27.7 Å². The first-order chi connectivity index (χ1) is 21.6. The first-order valence-electron chi connectivity index (χ1n) is 15.5. The maximum atomic E-state index is 13.8. The van der Waals surface area contributed by atoms with Crippen molar-refractivity contribution in [1.82, 2.24) is 0 Å². The van der Waals surface area contributed by atoms with Crippen molar-refractivity contribution in [2.24, 2.45) is 40.2 Å². The summed E-state index contributed by atoms with van der Waals surface area (Å²) in [7, 11) is 1.16. The molecule has 0 amide bonds. The third-order valence-corrected chi connectivity index (χ3v) is 11.4. The van der Waals surface area contributed by atoms with E-state index in [1.807, 2.05) is 6.26 Å². The normalized spacial score (nSPS) is 40.1. The van der Waals surface area contributed by atoms with Crippen molar-refractivity contribution in [3.63, 3.8) is 0 Å². The molecule has 0 radical (unpaired) electrons. The summed E-state index contributed by atoms with van der Waals surface area (Å²) in [5.74, 6) is -7.26. The van der Waals surface area contributed by atoms with E-state index in [-0.39, 0.29) is 25.2 Å². The van der Waals surface area contributed by atoms with Crippen molar-refractivity contribution >= 4 is 41.4 Å². The molecule has 13 nitrogen and oxygen atoms in total. The Morgan fingerprint density at radius 3 is 2.52 bits per heavy atom. The van der Waals surface area contributed by atoms with E-state index in [9.17, 15) is 34.2 Å². The first kappa shape index (κ1) is 34.6. The van der Waals surface area contributed by atoms with E-state index in [0.29, 0.717) is 23.3 Å². The van der Waals surface area contributed by atoms with Gasteiger partial charge >= 0.3 is 23.9 Å². The summed E-state index contributed by atoms with van der Waals surface area (Å²) < 4.78 is 28.6. The number of nitrogens with two attached hydrogens (primary N) is 1. The molecular weight excluding hydrogens is 622 g/mol. The van der Waals surface area contributed by atoms with E-state index in [1.165, 1.54) is 17.8 Å². The summed E-state index contributed by atoms with van der Waals surface area (Å²) in [6, 6.07) is -0.934. The third kappa shape index (κ3) is 5.29. The number of aliphatic hydroxyl groups is 2. The molecule has 3 aliphatic heterocycles. The number of hydrogen-bond donors (Lipinski definition) is 3. The maximum Gasteiger partial charge on any atom is 0.348 e. The fourth-order valence-electron chi connectivity index (χ4n) is 9.03. The van der Waals surface area contributed by atoms with Crippen LogP contribution in [0.1, 0.15) is 47.0 Å². The van der Waals surface area contributed by atoms with Gasteiger partial charge in [0.15, 0.2) is 11.5 Å². The van der Waals surface area contributed by atoms with Gasteiger partial charge in [-0.2, -0.15) is 11.8 Å². The van der Waals surface area contributed by atoms with Gasteiger partial charge in [0.2, 0.25) is 6.10 Å². The topological polar surface area (TPSA) is 198 Å². The Labute approximate surface area is 271 Å². The Hall–Kier alpha value is -2.78. The van der Waals surface area contributed by atoms with E-state index in [0.717, 1.165) is 7.11 Å². The molecule has 12 atom stereocenters. The second kappa shape index (κ2) is 12.7. The van der Waals surface area contributed by atoms with Gasteiger partial charge in [-0.05, 0) is 62.5 Å². The van der Waals surface area contributed by atoms with E-state index < -0.39 is 101 Å². The fraction of sp³-hybridized carbons (Fsp3) is 0.719. The number of ether oxygens (including phenoxy) is 5. The number of carbonyl (C=O) groups excluding carboxylic acids is 5. The molecule has 2 bridgehead atoms. The van der Waals surface area contributed by atoms with E-state index in [2.05, 4.69) is 0 Å². The Morgan fingerprint density at radius 2 is 1.89 bits per heavy atom. The van der Waals surface area contributed by atoms with Crippen LogP contribution in [0.3, 0.4) is 0 Å². The number of hydrogen-bond acceptors (Lipinski definition) is 14. The van der Waals surface area contributed by atoms with Gasteiger partial charge in [0, 0.05) is 29.7 Å². The maximum absolute atomic E-state index is 13.8. The summed E-state index contributed by atoms with van der Waals surface area (Å²) >= 11 is 1.52. The van der Waals surface area contributed by atoms with Crippen LogP contribution in [0.4, 0.5) is 0 Å². The van der Waals surface area contributed by atoms with Crippen molar-refractivity contribution in [2.75, 3.05) is 25.7 Å². The van der Waals surface area contributed by atoms with Crippen LogP contribution in [0.2, 0.25) is 0 Å². The molecule has 3 saturated heterocycles. The van der Waals surface area contributed by atoms with Crippen molar-refractivity contribution in [2.45, 2.75) is 83.5 Å². The molecule has 3 aliphatic carbocycles. The molecule has 5 fully saturated rings. The third-order valence-electron chi connectivity index (χ3n) is 10.8. The van der Waals surface area contributed by atoms with Crippen molar-refractivity contribution in [3.05, 3.63) is 23.0 Å². The predicted molar refractivity (Wildman–Crippen MR) is 161 cm³/mol. The van der Waals surface area contributed by atoms with Crippen molar-refractivity contribution in [1.29, 1.82) is 0 Å². The zero-order valence-electron chi connectivity index (χ0n) is 26.8. The monoisotopic (exact) mass is 665 g/mol. The summed E-state index contributed by atoms with van der Waals surface area (Å²) in [6.07, 6.45) is -3.71. The first-order valence-corrected chi connectivity index (χ1v) is 16.8. The second-order valence-corrected chi connectivity index (χ2v) is 14.6. The minimum absolute atomic E-state index is 0.118. The molecule has 0 aromatic rings. The number of fused-ring (bicyclic) bond motifs is 3. The zero-order chi connectivity index (χ0) is 33.9. The molecular formula is C32H43NO12S. The number of esters is 4. The highest BCUT2D eigenvalue weighted by Crippen LogP contribution is 2.70. The van der Waals surface area contributed by atoms with Gasteiger partial charge in [-0.25, -0.2) is 14.4 Å². The molecule has 254 valence electrons. The summed E-state index contributed by atoms with van der Waals surface area (Å²) in [5, 5.41) is 23.6. The molecule has 14 heteroatoms. The smallest absolute Gasteiger partial charge is 0.348 e. The highest BCUT2D eigenvalue weighted by atomic mass is 32.2. The summed E-state index contributed by atoms with van der Waals surface area (Å²) in [4.78, 5) is 66.8. The summed E-state index contributed by atoms with van der Waals surface area (Å²) in [5.41, 5.74) is 4.58. The Bertz CT molecular complexity index is 1370. The van der Waals surface area contributed by atoms with E-state index in [4.69, 9.17) is 29.4 Å². The number of allylic oxidation sites excluding steroid dienone is 3. The molecule has 2 saturated carbocycles. The number of aliphatic hydroxyl groups excluding tert-OH is 2. The van der Waals surface area contributed by atoms with Crippen LogP contribution in [-0.4, -0.2) is 102 Å². The molecule has 6 aliphatic rings. The second-order valence-electron chi connectivity index (χ2n) is 13.6. The lowest BCUT2D eigenvalue weighted by molar-refractivity contribution is -0.288. The number of rotatable bonds is 8. The molecule has 1 spiro atoms. The van der Waals surface area contributed by atoms with Gasteiger partial charge in [0.25, 0.3) is 0 Å². The molecule has 0 aromatic heterocycles. The van der Waals surface area contributed by atoms with Crippen LogP contribution >= 0.6 is 11.8 Å². The van der Waals surface area contributed by atoms with Crippen LogP contribution in [0.15, 0.2) is 23.0 Å². The largest absolute Gasteiger partial charge is 0.469 e. The molecule has 3 heterocycles. The average Bonchev–Trinajstić information content (AvgIpc) is 3.15.